The van der Waals surface area contributed by atoms with Gasteiger partial charge in [0.25, 0.3) is 0 Å². The highest BCUT2D eigenvalue weighted by Crippen LogP contribution is 2.36. The van der Waals surface area contributed by atoms with Gasteiger partial charge >= 0.3 is 0 Å². The van der Waals surface area contributed by atoms with Crippen molar-refractivity contribution in [3.8, 4) is 5.75 Å². The van der Waals surface area contributed by atoms with E-state index in [1.807, 2.05) is 13.1 Å². The SMILES string of the molecule is CNC(c1cccc(C)c1C)c1sccc1OC. The normalized spacial score (nSPS) is 12.4. The van der Waals surface area contributed by atoms with E-state index in [0.29, 0.717) is 0 Å². The van der Waals surface area contributed by atoms with Crippen molar-refractivity contribution in [2.45, 2.75) is 19.9 Å². The summed E-state index contributed by atoms with van der Waals surface area (Å²) in [6, 6.07) is 8.66. The Labute approximate surface area is 113 Å². The zero-order chi connectivity index (χ0) is 13.1. The molecule has 1 N–H and O–H groups in total. The predicted molar refractivity (Wildman–Crippen MR) is 77.7 cm³/mol. The van der Waals surface area contributed by atoms with E-state index in [0.717, 1.165) is 5.75 Å². The van der Waals surface area contributed by atoms with Gasteiger partial charge in [0.15, 0.2) is 0 Å². The van der Waals surface area contributed by atoms with Crippen LogP contribution in [0.3, 0.4) is 0 Å². The van der Waals surface area contributed by atoms with E-state index in [-0.39, 0.29) is 6.04 Å². The zero-order valence-electron chi connectivity index (χ0n) is 11.3. The van der Waals surface area contributed by atoms with Gasteiger partial charge in [-0.2, -0.15) is 0 Å². The van der Waals surface area contributed by atoms with E-state index in [9.17, 15) is 0 Å². The molecule has 0 aliphatic heterocycles. The van der Waals surface area contributed by atoms with Crippen molar-refractivity contribution in [2.24, 2.45) is 0 Å². The van der Waals surface area contributed by atoms with Gasteiger partial charge in [0, 0.05) is 0 Å². The molecular formula is C15H19NOS. The van der Waals surface area contributed by atoms with Gasteiger partial charge in [-0.3, -0.25) is 0 Å². The molecule has 1 aromatic carbocycles. The third-order valence-electron chi connectivity index (χ3n) is 3.39. The number of aryl methyl sites for hydroxylation is 1. The Kier molecular flexibility index (Phi) is 4.04. The molecule has 18 heavy (non-hydrogen) atoms. The van der Waals surface area contributed by atoms with Crippen molar-refractivity contribution < 1.29 is 4.74 Å². The summed E-state index contributed by atoms with van der Waals surface area (Å²) in [6.07, 6.45) is 0. The molecular weight excluding hydrogens is 242 g/mol. The molecule has 3 heteroatoms. The summed E-state index contributed by atoms with van der Waals surface area (Å²) >= 11 is 1.73. The van der Waals surface area contributed by atoms with Crippen molar-refractivity contribution in [2.75, 3.05) is 14.2 Å². The zero-order valence-corrected chi connectivity index (χ0v) is 12.1. The number of benzene rings is 1. The fraction of sp³-hybridized carbons (Fsp3) is 0.333. The molecule has 0 bridgehead atoms. The number of ether oxygens (including phenoxy) is 1. The van der Waals surface area contributed by atoms with Crippen molar-refractivity contribution in [3.63, 3.8) is 0 Å². The number of rotatable bonds is 4. The maximum Gasteiger partial charge on any atom is 0.134 e. The highest BCUT2D eigenvalue weighted by Gasteiger charge is 2.19. The van der Waals surface area contributed by atoms with E-state index < -0.39 is 0 Å². The summed E-state index contributed by atoms with van der Waals surface area (Å²) in [5.74, 6) is 0.959. The van der Waals surface area contributed by atoms with Gasteiger partial charge in [-0.1, -0.05) is 18.2 Å². The average molecular weight is 261 g/mol. The average Bonchev–Trinajstić information content (AvgIpc) is 2.83. The number of nitrogens with one attached hydrogen (secondary N) is 1. The first-order valence-corrected chi connectivity index (χ1v) is 6.91. The molecule has 0 aliphatic rings. The Hall–Kier alpha value is -1.32. The smallest absolute Gasteiger partial charge is 0.134 e. The molecule has 0 aliphatic carbocycles. The van der Waals surface area contributed by atoms with Crippen LogP contribution in [0.5, 0.6) is 5.75 Å². The Balaban J connectivity index is 2.49. The first-order valence-electron chi connectivity index (χ1n) is 6.03. The molecule has 0 spiro atoms. The van der Waals surface area contributed by atoms with Crippen molar-refractivity contribution in [3.05, 3.63) is 51.2 Å². The predicted octanol–water partition coefficient (Wildman–Crippen LogP) is 3.68. The standard InChI is InChI=1S/C15H19NOS/c1-10-6-5-7-12(11(10)2)14(16-3)15-13(17-4)8-9-18-15/h5-9,14,16H,1-4H3. The quantitative estimate of drug-likeness (QED) is 0.906. The molecule has 0 radical (unpaired) electrons. The van der Waals surface area contributed by atoms with Gasteiger partial charge in [0.2, 0.25) is 0 Å². The number of hydrogen-bond acceptors (Lipinski definition) is 3. The van der Waals surface area contributed by atoms with Crippen LogP contribution in [-0.4, -0.2) is 14.2 Å². The summed E-state index contributed by atoms with van der Waals surface area (Å²) in [6.45, 7) is 4.33. The van der Waals surface area contributed by atoms with Gasteiger partial charge in [-0.25, -0.2) is 0 Å². The van der Waals surface area contributed by atoms with Gasteiger partial charge in [-0.15, -0.1) is 11.3 Å². The molecule has 96 valence electrons. The largest absolute Gasteiger partial charge is 0.496 e. The lowest BCUT2D eigenvalue weighted by atomic mass is 9.96. The van der Waals surface area contributed by atoms with E-state index in [1.54, 1.807) is 18.4 Å². The van der Waals surface area contributed by atoms with E-state index >= 15 is 0 Å². The Morgan fingerprint density at radius 2 is 2.00 bits per heavy atom. The van der Waals surface area contributed by atoms with Gasteiger partial charge < -0.3 is 10.1 Å². The summed E-state index contributed by atoms with van der Waals surface area (Å²) in [7, 11) is 3.72. The second-order valence-corrected chi connectivity index (χ2v) is 5.31. The first kappa shape index (κ1) is 13.1. The van der Waals surface area contributed by atoms with E-state index in [2.05, 4.69) is 42.7 Å². The van der Waals surface area contributed by atoms with Gasteiger partial charge in [0.1, 0.15) is 5.75 Å². The van der Waals surface area contributed by atoms with E-state index in [1.165, 1.54) is 21.6 Å². The van der Waals surface area contributed by atoms with Gasteiger partial charge in [0.05, 0.1) is 18.0 Å². The van der Waals surface area contributed by atoms with Crippen LogP contribution in [0.2, 0.25) is 0 Å². The molecule has 2 aromatic rings. The lowest BCUT2D eigenvalue weighted by Crippen LogP contribution is -2.18. The van der Waals surface area contributed by atoms with Crippen LogP contribution >= 0.6 is 11.3 Å². The second-order valence-electron chi connectivity index (χ2n) is 4.36. The van der Waals surface area contributed by atoms with Crippen LogP contribution in [0, 0.1) is 13.8 Å². The fourth-order valence-electron chi connectivity index (χ4n) is 2.20. The lowest BCUT2D eigenvalue weighted by molar-refractivity contribution is 0.408. The monoisotopic (exact) mass is 261 g/mol. The molecule has 0 amide bonds. The number of hydrogen-bond donors (Lipinski definition) is 1. The molecule has 0 saturated heterocycles. The fourth-order valence-corrected chi connectivity index (χ4v) is 3.19. The summed E-state index contributed by atoms with van der Waals surface area (Å²) in [5, 5.41) is 5.47. The Morgan fingerprint density at radius 3 is 2.67 bits per heavy atom. The number of thiophene rings is 1. The Bertz CT molecular complexity index is 533. The minimum atomic E-state index is 0.194. The van der Waals surface area contributed by atoms with E-state index in [4.69, 9.17) is 4.74 Å². The van der Waals surface area contributed by atoms with Crippen LogP contribution < -0.4 is 10.1 Å². The molecule has 2 rings (SSSR count). The minimum Gasteiger partial charge on any atom is -0.496 e. The Morgan fingerprint density at radius 1 is 1.22 bits per heavy atom. The van der Waals surface area contributed by atoms with Crippen molar-refractivity contribution in [1.82, 2.24) is 5.32 Å². The number of methoxy groups -OCH3 is 1. The summed E-state index contributed by atoms with van der Waals surface area (Å²) < 4.78 is 5.43. The molecule has 1 heterocycles. The molecule has 1 aromatic heterocycles. The van der Waals surface area contributed by atoms with Crippen LogP contribution in [0.25, 0.3) is 0 Å². The molecule has 0 fully saturated rings. The third-order valence-corrected chi connectivity index (χ3v) is 4.35. The van der Waals surface area contributed by atoms with Crippen LogP contribution in [0.4, 0.5) is 0 Å². The molecule has 2 nitrogen and oxygen atoms in total. The molecule has 1 atom stereocenters. The van der Waals surface area contributed by atoms with Crippen LogP contribution in [0.15, 0.2) is 29.6 Å². The maximum atomic E-state index is 5.43. The highest BCUT2D eigenvalue weighted by atomic mass is 32.1. The van der Waals surface area contributed by atoms with Gasteiger partial charge in [-0.05, 0) is 49.0 Å². The second kappa shape index (κ2) is 5.55. The maximum absolute atomic E-state index is 5.43. The van der Waals surface area contributed by atoms with Crippen LogP contribution in [-0.2, 0) is 0 Å². The lowest BCUT2D eigenvalue weighted by Gasteiger charge is -2.20. The molecule has 1 unspecified atom stereocenters. The minimum absolute atomic E-state index is 0.194. The van der Waals surface area contributed by atoms with Crippen LogP contribution in [0.1, 0.15) is 27.6 Å². The summed E-state index contributed by atoms with van der Waals surface area (Å²) in [5.41, 5.74) is 3.98. The first-order chi connectivity index (χ1) is 8.69. The molecule has 0 saturated carbocycles. The highest BCUT2D eigenvalue weighted by molar-refractivity contribution is 7.10. The van der Waals surface area contributed by atoms with Crippen molar-refractivity contribution >= 4 is 11.3 Å². The van der Waals surface area contributed by atoms with Crippen molar-refractivity contribution in [1.29, 1.82) is 0 Å². The topological polar surface area (TPSA) is 21.3 Å². The summed E-state index contributed by atoms with van der Waals surface area (Å²) in [4.78, 5) is 1.23. The third kappa shape index (κ3) is 2.28.